The van der Waals surface area contributed by atoms with Crippen molar-refractivity contribution in [2.24, 2.45) is 0 Å². The number of benzene rings is 1. The van der Waals surface area contributed by atoms with E-state index < -0.39 is 6.10 Å². The molecule has 0 aliphatic heterocycles. The van der Waals surface area contributed by atoms with E-state index in [1.165, 1.54) is 11.3 Å². The Balaban J connectivity index is 2.02. The molecule has 1 unspecified atom stereocenters. The summed E-state index contributed by atoms with van der Waals surface area (Å²) >= 11 is 13.3. The van der Waals surface area contributed by atoms with Gasteiger partial charge in [0.2, 0.25) is 0 Å². The van der Waals surface area contributed by atoms with Gasteiger partial charge in [0.05, 0.1) is 11.6 Å². The summed E-state index contributed by atoms with van der Waals surface area (Å²) in [6, 6.07) is 4.96. The molecule has 0 fully saturated rings. The summed E-state index contributed by atoms with van der Waals surface area (Å²) in [5, 5.41) is 15.0. The van der Waals surface area contributed by atoms with Gasteiger partial charge in [-0.3, -0.25) is 4.79 Å². The number of rotatable bonds is 4. The predicted octanol–water partition coefficient (Wildman–Crippen LogP) is 2.91. The Kier molecular flexibility index (Phi) is 4.76. The first-order valence-corrected chi connectivity index (χ1v) is 7.08. The van der Waals surface area contributed by atoms with Crippen LogP contribution in [0, 0.1) is 0 Å². The molecule has 2 N–H and O–H groups in total. The van der Waals surface area contributed by atoms with Gasteiger partial charge in [-0.15, -0.1) is 11.3 Å². The average Bonchev–Trinajstić information content (AvgIpc) is 2.89. The molecule has 0 saturated carbocycles. The molecule has 1 heterocycles. The molecule has 0 bridgehead atoms. The summed E-state index contributed by atoms with van der Waals surface area (Å²) in [7, 11) is 0. The minimum Gasteiger partial charge on any atom is -0.386 e. The van der Waals surface area contributed by atoms with Gasteiger partial charge in [-0.2, -0.15) is 0 Å². The SMILES string of the molecule is O=C(NCC(O)c1c(Cl)cccc1Cl)c1cscn1. The molecule has 1 aromatic heterocycles. The normalized spacial score (nSPS) is 12.2. The summed E-state index contributed by atoms with van der Waals surface area (Å²) in [5.74, 6) is -0.344. The maximum atomic E-state index is 11.7. The van der Waals surface area contributed by atoms with Crippen LogP contribution in [0.25, 0.3) is 0 Å². The molecule has 2 rings (SSSR count). The van der Waals surface area contributed by atoms with E-state index in [9.17, 15) is 9.90 Å². The summed E-state index contributed by atoms with van der Waals surface area (Å²) in [5.41, 5.74) is 2.29. The number of halogens is 2. The van der Waals surface area contributed by atoms with Crippen LogP contribution in [0.5, 0.6) is 0 Å². The molecular weight excluding hydrogens is 307 g/mol. The van der Waals surface area contributed by atoms with E-state index in [2.05, 4.69) is 10.3 Å². The van der Waals surface area contributed by atoms with Crippen LogP contribution in [-0.2, 0) is 0 Å². The van der Waals surface area contributed by atoms with Gasteiger partial charge in [0.1, 0.15) is 5.69 Å². The van der Waals surface area contributed by atoms with Crippen molar-refractivity contribution in [3.63, 3.8) is 0 Å². The Morgan fingerprint density at radius 1 is 1.42 bits per heavy atom. The Morgan fingerprint density at radius 2 is 2.11 bits per heavy atom. The van der Waals surface area contributed by atoms with E-state index in [4.69, 9.17) is 23.2 Å². The van der Waals surface area contributed by atoms with Crippen LogP contribution in [0.1, 0.15) is 22.2 Å². The van der Waals surface area contributed by atoms with Gasteiger partial charge in [-0.25, -0.2) is 4.98 Å². The molecule has 0 radical (unpaired) electrons. The number of aromatic nitrogens is 1. The summed E-state index contributed by atoms with van der Waals surface area (Å²) in [6.45, 7) is 0.0137. The third-order valence-corrected chi connectivity index (χ3v) is 3.70. The van der Waals surface area contributed by atoms with Crippen molar-refractivity contribution in [1.29, 1.82) is 0 Å². The van der Waals surface area contributed by atoms with E-state index in [1.54, 1.807) is 29.1 Å². The van der Waals surface area contributed by atoms with Gasteiger partial charge < -0.3 is 10.4 Å². The number of hydrogen-bond donors (Lipinski definition) is 2. The zero-order valence-electron chi connectivity index (χ0n) is 9.64. The van der Waals surface area contributed by atoms with E-state index in [0.29, 0.717) is 21.3 Å². The summed E-state index contributed by atoms with van der Waals surface area (Å²) < 4.78 is 0. The molecule has 19 heavy (non-hydrogen) atoms. The van der Waals surface area contributed by atoms with Crippen molar-refractivity contribution in [2.75, 3.05) is 6.54 Å². The standard InChI is InChI=1S/C12H10Cl2N2O2S/c13-7-2-1-3-8(14)11(7)10(17)4-15-12(18)9-5-19-6-16-9/h1-3,5-6,10,17H,4H2,(H,15,18). The van der Waals surface area contributed by atoms with E-state index >= 15 is 0 Å². The quantitative estimate of drug-likeness (QED) is 0.911. The van der Waals surface area contributed by atoms with Crippen LogP contribution in [0.3, 0.4) is 0 Å². The van der Waals surface area contributed by atoms with Crippen molar-refractivity contribution in [1.82, 2.24) is 10.3 Å². The minimum atomic E-state index is -0.969. The van der Waals surface area contributed by atoms with Gasteiger partial charge >= 0.3 is 0 Å². The molecule has 0 aliphatic carbocycles. The highest BCUT2D eigenvalue weighted by atomic mass is 35.5. The van der Waals surface area contributed by atoms with Crippen LogP contribution in [-0.4, -0.2) is 22.5 Å². The maximum Gasteiger partial charge on any atom is 0.270 e. The van der Waals surface area contributed by atoms with Gasteiger partial charge in [-0.05, 0) is 12.1 Å². The molecular formula is C12H10Cl2N2O2S. The number of carbonyl (C=O) groups excluding carboxylic acids is 1. The molecule has 1 amide bonds. The van der Waals surface area contributed by atoms with Crippen molar-refractivity contribution in [3.8, 4) is 0 Å². The first kappa shape index (κ1) is 14.3. The van der Waals surface area contributed by atoms with Crippen LogP contribution in [0.15, 0.2) is 29.1 Å². The lowest BCUT2D eigenvalue weighted by molar-refractivity contribution is 0.0912. The van der Waals surface area contributed by atoms with Crippen molar-refractivity contribution >= 4 is 40.4 Å². The topological polar surface area (TPSA) is 62.2 Å². The van der Waals surface area contributed by atoms with Crippen LogP contribution in [0.2, 0.25) is 10.0 Å². The molecule has 0 aliphatic rings. The average molecular weight is 317 g/mol. The first-order chi connectivity index (χ1) is 9.09. The lowest BCUT2D eigenvalue weighted by Gasteiger charge is -2.14. The van der Waals surface area contributed by atoms with Crippen molar-refractivity contribution < 1.29 is 9.90 Å². The van der Waals surface area contributed by atoms with Crippen molar-refractivity contribution in [3.05, 3.63) is 50.4 Å². The number of thiazole rings is 1. The molecule has 1 atom stereocenters. The third kappa shape index (κ3) is 3.45. The fraction of sp³-hybridized carbons (Fsp3) is 0.167. The Labute approximate surface area is 124 Å². The van der Waals surface area contributed by atoms with Gasteiger partial charge in [0.15, 0.2) is 0 Å². The second kappa shape index (κ2) is 6.34. The largest absolute Gasteiger partial charge is 0.386 e. The second-order valence-corrected chi connectivity index (χ2v) is 5.27. The zero-order valence-corrected chi connectivity index (χ0v) is 12.0. The Hall–Kier alpha value is -1.14. The first-order valence-electron chi connectivity index (χ1n) is 5.38. The molecule has 1 aromatic carbocycles. The molecule has 100 valence electrons. The lowest BCUT2D eigenvalue weighted by Crippen LogP contribution is -2.28. The Bertz CT molecular complexity index is 555. The maximum absolute atomic E-state index is 11.7. The zero-order chi connectivity index (χ0) is 13.8. The lowest BCUT2D eigenvalue weighted by atomic mass is 10.1. The summed E-state index contributed by atoms with van der Waals surface area (Å²) in [4.78, 5) is 15.5. The van der Waals surface area contributed by atoms with Gasteiger partial charge in [0.25, 0.3) is 5.91 Å². The molecule has 0 saturated heterocycles. The number of amides is 1. The van der Waals surface area contributed by atoms with E-state index in [1.807, 2.05) is 0 Å². The second-order valence-electron chi connectivity index (χ2n) is 3.73. The molecule has 7 heteroatoms. The van der Waals surface area contributed by atoms with E-state index in [0.717, 1.165) is 0 Å². The molecule has 2 aromatic rings. The number of aliphatic hydroxyl groups excluding tert-OH is 1. The number of carbonyl (C=O) groups is 1. The molecule has 0 spiro atoms. The highest BCUT2D eigenvalue weighted by Crippen LogP contribution is 2.29. The minimum absolute atomic E-state index is 0.0137. The predicted molar refractivity (Wildman–Crippen MR) is 75.9 cm³/mol. The highest BCUT2D eigenvalue weighted by Gasteiger charge is 2.17. The number of hydrogen-bond acceptors (Lipinski definition) is 4. The number of nitrogens with one attached hydrogen (secondary N) is 1. The van der Waals surface area contributed by atoms with Crippen LogP contribution in [0.4, 0.5) is 0 Å². The Morgan fingerprint density at radius 3 is 2.68 bits per heavy atom. The monoisotopic (exact) mass is 316 g/mol. The van der Waals surface area contributed by atoms with Gasteiger partial charge in [0, 0.05) is 27.5 Å². The van der Waals surface area contributed by atoms with Crippen LogP contribution >= 0.6 is 34.5 Å². The van der Waals surface area contributed by atoms with E-state index in [-0.39, 0.29) is 12.5 Å². The smallest absolute Gasteiger partial charge is 0.270 e. The van der Waals surface area contributed by atoms with Gasteiger partial charge in [-0.1, -0.05) is 29.3 Å². The third-order valence-electron chi connectivity index (χ3n) is 2.45. The summed E-state index contributed by atoms with van der Waals surface area (Å²) in [6.07, 6.45) is -0.969. The highest BCUT2D eigenvalue weighted by molar-refractivity contribution is 7.07. The molecule has 4 nitrogen and oxygen atoms in total. The number of nitrogens with zero attached hydrogens (tertiary/aromatic N) is 1. The van der Waals surface area contributed by atoms with Crippen molar-refractivity contribution in [2.45, 2.75) is 6.10 Å². The number of aliphatic hydroxyl groups is 1. The fourth-order valence-electron chi connectivity index (χ4n) is 1.54. The fourth-order valence-corrected chi connectivity index (χ4v) is 2.72. The van der Waals surface area contributed by atoms with Crippen LogP contribution < -0.4 is 5.32 Å².